The fourth-order valence-electron chi connectivity index (χ4n) is 3.40. The topological polar surface area (TPSA) is 179 Å². The average molecular weight is 428 g/mol. The van der Waals surface area contributed by atoms with Crippen molar-refractivity contribution in [1.29, 1.82) is 0 Å². The predicted molar refractivity (Wildman–Crippen MR) is 107 cm³/mol. The Kier molecular flexibility index (Phi) is 6.10. The number of nitrogen functional groups attached to an aromatic ring is 1. The van der Waals surface area contributed by atoms with Gasteiger partial charge in [-0.3, -0.25) is 14.4 Å². The molecule has 1 unspecified atom stereocenters. The van der Waals surface area contributed by atoms with Gasteiger partial charge in [0.25, 0.3) is 5.91 Å². The monoisotopic (exact) mass is 428 g/mol. The summed E-state index contributed by atoms with van der Waals surface area (Å²) in [6.07, 6.45) is 0.110. The fourth-order valence-corrected chi connectivity index (χ4v) is 3.40. The molecule has 0 bridgehead atoms. The number of anilines is 1. The molecular formula is C21H20N2O8. The van der Waals surface area contributed by atoms with E-state index in [4.69, 9.17) is 26.0 Å². The molecule has 0 saturated carbocycles. The Hall–Kier alpha value is -4.08. The molecule has 0 spiro atoms. The van der Waals surface area contributed by atoms with E-state index >= 15 is 0 Å². The van der Waals surface area contributed by atoms with Crippen LogP contribution in [0.4, 0.5) is 5.69 Å². The maximum atomic E-state index is 12.9. The van der Waals surface area contributed by atoms with Crippen molar-refractivity contribution in [3.05, 3.63) is 52.6 Å². The van der Waals surface area contributed by atoms with Crippen LogP contribution in [0.25, 0.3) is 0 Å². The molecule has 0 aromatic heterocycles. The Morgan fingerprint density at radius 2 is 1.84 bits per heavy atom. The summed E-state index contributed by atoms with van der Waals surface area (Å²) in [6, 6.07) is 7.06. The highest BCUT2D eigenvalue weighted by atomic mass is 16.6. The number of aryl methyl sites for hydroxylation is 1. The third kappa shape index (κ3) is 4.58. The molecule has 0 saturated heterocycles. The molecule has 1 aliphatic rings. The number of carboxylic acids is 2. The largest absolute Gasteiger partial charge is 0.489 e. The number of carboxylic acid groups (broad SMARTS) is 2. The highest BCUT2D eigenvalue weighted by Gasteiger charge is 2.32. The van der Waals surface area contributed by atoms with Gasteiger partial charge in [-0.25, -0.2) is 4.79 Å². The van der Waals surface area contributed by atoms with Gasteiger partial charge in [0, 0.05) is 11.3 Å². The first-order chi connectivity index (χ1) is 14.7. The van der Waals surface area contributed by atoms with Crippen LogP contribution in [0.5, 0.6) is 11.5 Å². The highest BCUT2D eigenvalue weighted by Crippen LogP contribution is 2.41. The van der Waals surface area contributed by atoms with Crippen molar-refractivity contribution in [2.45, 2.75) is 25.2 Å². The van der Waals surface area contributed by atoms with Gasteiger partial charge < -0.3 is 31.2 Å². The summed E-state index contributed by atoms with van der Waals surface area (Å²) >= 11 is 0. The molecule has 1 amide bonds. The van der Waals surface area contributed by atoms with Crippen LogP contribution >= 0.6 is 0 Å². The Balaban J connectivity index is 2.21. The van der Waals surface area contributed by atoms with Crippen molar-refractivity contribution in [2.75, 3.05) is 12.3 Å². The minimum absolute atomic E-state index is 0.0964. The molecular weight excluding hydrogens is 408 g/mol. The second-order valence-corrected chi connectivity index (χ2v) is 6.97. The van der Waals surface area contributed by atoms with Crippen LogP contribution in [-0.4, -0.2) is 40.6 Å². The summed E-state index contributed by atoms with van der Waals surface area (Å²) in [7, 11) is 0. The fraction of sp³-hybridized carbons (Fsp3) is 0.238. The van der Waals surface area contributed by atoms with Gasteiger partial charge in [-0.2, -0.15) is 0 Å². The number of amides is 1. The van der Waals surface area contributed by atoms with Gasteiger partial charge in [-0.1, -0.05) is 6.07 Å². The van der Waals surface area contributed by atoms with E-state index in [-0.39, 0.29) is 34.8 Å². The number of rotatable bonds is 5. The summed E-state index contributed by atoms with van der Waals surface area (Å²) in [5.74, 6) is -6.63. The van der Waals surface area contributed by atoms with Crippen LogP contribution in [0.2, 0.25) is 0 Å². The van der Waals surface area contributed by atoms with E-state index in [1.165, 1.54) is 24.3 Å². The second kappa shape index (κ2) is 8.74. The number of fused-ring (bicyclic) bond motifs is 2. The zero-order valence-electron chi connectivity index (χ0n) is 16.3. The predicted octanol–water partition coefficient (Wildman–Crippen LogP) is 1.55. The van der Waals surface area contributed by atoms with E-state index in [2.05, 4.69) is 0 Å². The van der Waals surface area contributed by atoms with E-state index in [1.807, 2.05) is 0 Å². The van der Waals surface area contributed by atoms with Gasteiger partial charge in [-0.15, -0.1) is 0 Å². The van der Waals surface area contributed by atoms with E-state index in [0.29, 0.717) is 24.1 Å². The van der Waals surface area contributed by atoms with Gasteiger partial charge >= 0.3 is 17.9 Å². The SMILES string of the molecule is NC(=O)c1ccc(C(CC(=O)O)C(=O)O)c2c1OCCCc1cc(N)ccc1C(=O)O2. The zero-order valence-corrected chi connectivity index (χ0v) is 16.3. The van der Waals surface area contributed by atoms with E-state index in [9.17, 15) is 24.3 Å². The molecule has 10 heteroatoms. The molecule has 1 heterocycles. The molecule has 0 aliphatic carbocycles. The van der Waals surface area contributed by atoms with Crippen molar-refractivity contribution in [2.24, 2.45) is 5.73 Å². The van der Waals surface area contributed by atoms with E-state index in [1.54, 1.807) is 6.07 Å². The lowest BCUT2D eigenvalue weighted by Gasteiger charge is -2.22. The first kappa shape index (κ1) is 21.6. The van der Waals surface area contributed by atoms with Crippen LogP contribution in [0.1, 0.15) is 50.6 Å². The van der Waals surface area contributed by atoms with Gasteiger partial charge in [0.1, 0.15) is 0 Å². The number of ether oxygens (including phenoxy) is 2. The minimum atomic E-state index is -1.56. The first-order valence-electron chi connectivity index (χ1n) is 9.33. The lowest BCUT2D eigenvalue weighted by Crippen LogP contribution is -2.22. The molecule has 1 aliphatic heterocycles. The van der Waals surface area contributed by atoms with Crippen LogP contribution in [0.15, 0.2) is 30.3 Å². The third-order valence-electron chi connectivity index (χ3n) is 4.84. The third-order valence-corrected chi connectivity index (χ3v) is 4.84. The molecule has 2 aromatic carbocycles. The Labute approximate surface area is 176 Å². The lowest BCUT2D eigenvalue weighted by molar-refractivity contribution is -0.145. The van der Waals surface area contributed by atoms with Crippen LogP contribution in [-0.2, 0) is 16.0 Å². The molecule has 2 aromatic rings. The highest BCUT2D eigenvalue weighted by molar-refractivity contribution is 5.99. The molecule has 1 atom stereocenters. The average Bonchev–Trinajstić information content (AvgIpc) is 2.69. The van der Waals surface area contributed by atoms with E-state index in [0.717, 1.165) is 0 Å². The number of benzene rings is 2. The van der Waals surface area contributed by atoms with E-state index < -0.39 is 36.2 Å². The van der Waals surface area contributed by atoms with Crippen LogP contribution < -0.4 is 20.9 Å². The van der Waals surface area contributed by atoms with Gasteiger partial charge in [0.2, 0.25) is 0 Å². The summed E-state index contributed by atoms with van der Waals surface area (Å²) in [6.45, 7) is 0.0964. The lowest BCUT2D eigenvalue weighted by atomic mass is 9.92. The molecule has 0 fully saturated rings. The number of esters is 1. The minimum Gasteiger partial charge on any atom is -0.489 e. The number of nitrogens with two attached hydrogens (primary N) is 2. The number of hydrogen-bond acceptors (Lipinski definition) is 7. The molecule has 10 nitrogen and oxygen atoms in total. The molecule has 6 N–H and O–H groups in total. The summed E-state index contributed by atoms with van der Waals surface area (Å²) < 4.78 is 11.2. The Bertz CT molecular complexity index is 1080. The number of primary amides is 1. The van der Waals surface area contributed by atoms with Crippen molar-refractivity contribution < 1.29 is 38.9 Å². The second-order valence-electron chi connectivity index (χ2n) is 6.97. The van der Waals surface area contributed by atoms with Crippen molar-refractivity contribution in [1.82, 2.24) is 0 Å². The van der Waals surface area contributed by atoms with Gasteiger partial charge in [0.05, 0.1) is 30.1 Å². The maximum absolute atomic E-state index is 12.9. The zero-order chi connectivity index (χ0) is 22.7. The molecule has 162 valence electrons. The van der Waals surface area contributed by atoms with Gasteiger partial charge in [-0.05, 0) is 42.7 Å². The summed E-state index contributed by atoms with van der Waals surface area (Å²) in [5, 5.41) is 18.7. The van der Waals surface area contributed by atoms with Gasteiger partial charge in [0.15, 0.2) is 11.5 Å². The number of carbonyl (C=O) groups excluding carboxylic acids is 2. The number of hydrogen-bond donors (Lipinski definition) is 4. The smallest absolute Gasteiger partial charge is 0.343 e. The molecule has 3 rings (SSSR count). The molecule has 31 heavy (non-hydrogen) atoms. The quantitative estimate of drug-likeness (QED) is 0.312. The van der Waals surface area contributed by atoms with Crippen LogP contribution in [0, 0.1) is 0 Å². The summed E-state index contributed by atoms with van der Waals surface area (Å²) in [4.78, 5) is 47.9. The maximum Gasteiger partial charge on any atom is 0.343 e. The van der Waals surface area contributed by atoms with Crippen molar-refractivity contribution in [3.63, 3.8) is 0 Å². The van der Waals surface area contributed by atoms with Crippen LogP contribution in [0.3, 0.4) is 0 Å². The summed E-state index contributed by atoms with van der Waals surface area (Å²) in [5.41, 5.74) is 12.2. The van der Waals surface area contributed by atoms with Crippen molar-refractivity contribution in [3.8, 4) is 11.5 Å². The number of aliphatic carboxylic acids is 2. The Morgan fingerprint density at radius 3 is 2.48 bits per heavy atom. The standard InChI is InChI=1S/C21H20N2O8/c22-11-3-4-12-10(8-11)2-1-7-30-17-14(19(23)26)6-5-13(18(17)31-21(12)29)15(20(27)28)9-16(24)25/h3-6,8,15H,1-2,7,9,22H2,(H2,23,26)(H,24,25)(H,27,28). The van der Waals surface area contributed by atoms with Crippen molar-refractivity contribution >= 4 is 29.5 Å². The number of carbonyl (C=O) groups is 4. The first-order valence-corrected chi connectivity index (χ1v) is 9.33. The Morgan fingerprint density at radius 1 is 1.10 bits per heavy atom. The molecule has 0 radical (unpaired) electrons. The normalized spacial score (nSPS) is 14.3.